The zero-order valence-electron chi connectivity index (χ0n) is 14.9. The van der Waals surface area contributed by atoms with E-state index in [1.807, 2.05) is 6.92 Å². The van der Waals surface area contributed by atoms with Crippen LogP contribution in [0, 0.1) is 6.92 Å². The highest BCUT2D eigenvalue weighted by Gasteiger charge is 2.28. The highest BCUT2D eigenvalue weighted by Crippen LogP contribution is 2.26. The molecule has 2 aromatic heterocycles. The number of amides is 1. The Kier molecular flexibility index (Phi) is 4.68. The van der Waals surface area contributed by atoms with Crippen LogP contribution in [0.3, 0.4) is 0 Å². The van der Waals surface area contributed by atoms with Crippen molar-refractivity contribution in [3.63, 3.8) is 0 Å². The van der Waals surface area contributed by atoms with Gasteiger partial charge in [-0.1, -0.05) is 11.6 Å². The Bertz CT molecular complexity index is 1160. The fourth-order valence-electron chi connectivity index (χ4n) is 2.95. The Morgan fingerprint density at radius 2 is 1.96 bits per heavy atom. The van der Waals surface area contributed by atoms with Gasteiger partial charge in [-0.05, 0) is 25.1 Å². The monoisotopic (exact) mass is 420 g/mol. The zero-order valence-corrected chi connectivity index (χ0v) is 16.5. The van der Waals surface area contributed by atoms with Gasteiger partial charge >= 0.3 is 0 Å². The summed E-state index contributed by atoms with van der Waals surface area (Å²) in [5, 5.41) is 11.2. The number of carbonyl (C=O) groups is 1. The molecule has 3 heterocycles. The summed E-state index contributed by atoms with van der Waals surface area (Å²) in [6.45, 7) is 2.13. The molecule has 9 nitrogen and oxygen atoms in total. The van der Waals surface area contributed by atoms with E-state index >= 15 is 0 Å². The van der Waals surface area contributed by atoms with Gasteiger partial charge in [0.15, 0.2) is 15.7 Å². The number of anilines is 2. The Hall–Kier alpha value is -2.72. The van der Waals surface area contributed by atoms with E-state index in [0.29, 0.717) is 27.6 Å². The van der Waals surface area contributed by atoms with E-state index < -0.39 is 15.7 Å². The number of nitrogens with one attached hydrogen (secondary N) is 2. The van der Waals surface area contributed by atoms with Crippen LogP contribution in [0.25, 0.3) is 10.9 Å². The number of hydrogen-bond donors (Lipinski definition) is 2. The van der Waals surface area contributed by atoms with E-state index in [1.54, 1.807) is 24.3 Å². The second-order valence-electron chi connectivity index (χ2n) is 6.56. The normalized spacial score (nSPS) is 16.3. The highest BCUT2D eigenvalue weighted by atomic mass is 35.5. The molecule has 0 saturated carbocycles. The number of aromatic amines is 1. The topological polar surface area (TPSA) is 121 Å². The summed E-state index contributed by atoms with van der Waals surface area (Å²) in [6.07, 6.45) is 0. The maximum Gasteiger partial charge on any atom is 0.291 e. The third-order valence-corrected chi connectivity index (χ3v) is 6.28. The highest BCUT2D eigenvalue weighted by molar-refractivity contribution is 7.91. The number of benzene rings is 1. The Balaban J connectivity index is 1.72. The van der Waals surface area contributed by atoms with Crippen molar-refractivity contribution in [1.29, 1.82) is 0 Å². The van der Waals surface area contributed by atoms with Crippen LogP contribution in [-0.2, 0) is 9.84 Å². The Morgan fingerprint density at radius 3 is 2.64 bits per heavy atom. The first-order valence-electron chi connectivity index (χ1n) is 8.57. The van der Waals surface area contributed by atoms with Gasteiger partial charge in [0.05, 0.1) is 17.0 Å². The molecule has 1 fully saturated rings. The van der Waals surface area contributed by atoms with Crippen LogP contribution in [0.5, 0.6) is 0 Å². The summed E-state index contributed by atoms with van der Waals surface area (Å²) < 4.78 is 23.2. The van der Waals surface area contributed by atoms with Crippen molar-refractivity contribution in [2.24, 2.45) is 0 Å². The predicted molar refractivity (Wildman–Crippen MR) is 106 cm³/mol. The fraction of sp³-hybridized carbons (Fsp3) is 0.294. The number of H-pyrrole nitrogens is 1. The number of aryl methyl sites for hydroxylation is 1. The molecule has 0 unspecified atom stereocenters. The standard InChI is InChI=1S/C17H17ClN6O3S/c1-10-8-14(23-22-10)20-15-12-9-11(18)2-3-13(12)19-16(21-15)17(25)24-4-6-28(26,27)7-5-24/h2-3,8-9H,4-7H2,1H3,(H2,19,20,21,22,23). The average Bonchev–Trinajstić information content (AvgIpc) is 3.06. The minimum Gasteiger partial charge on any atom is -0.334 e. The number of halogens is 1. The molecule has 3 aromatic rings. The van der Waals surface area contributed by atoms with Gasteiger partial charge in [-0.3, -0.25) is 9.89 Å². The van der Waals surface area contributed by atoms with Crippen molar-refractivity contribution >= 4 is 49.9 Å². The minimum absolute atomic E-state index is 0.0103. The van der Waals surface area contributed by atoms with E-state index in [2.05, 4.69) is 25.5 Å². The molecule has 28 heavy (non-hydrogen) atoms. The summed E-state index contributed by atoms with van der Waals surface area (Å²) in [4.78, 5) is 23.1. The van der Waals surface area contributed by atoms with Crippen LogP contribution in [0.4, 0.5) is 11.6 Å². The maximum absolute atomic E-state index is 12.9. The first kappa shape index (κ1) is 18.6. The number of rotatable bonds is 3. The Morgan fingerprint density at radius 1 is 1.21 bits per heavy atom. The summed E-state index contributed by atoms with van der Waals surface area (Å²) in [5.74, 6) is 0.405. The molecule has 1 saturated heterocycles. The SMILES string of the molecule is Cc1cc(Nc2nc(C(=O)N3CCS(=O)(=O)CC3)nc3ccc(Cl)cc23)n[nH]1. The van der Waals surface area contributed by atoms with Crippen LogP contribution < -0.4 is 5.32 Å². The number of hydrogen-bond acceptors (Lipinski definition) is 7. The number of carbonyl (C=O) groups excluding carboxylic acids is 1. The van der Waals surface area contributed by atoms with E-state index in [1.165, 1.54) is 4.90 Å². The van der Waals surface area contributed by atoms with Gasteiger partial charge < -0.3 is 10.2 Å². The minimum atomic E-state index is -3.09. The van der Waals surface area contributed by atoms with Crippen molar-refractivity contribution in [3.05, 3.63) is 40.8 Å². The lowest BCUT2D eigenvalue weighted by molar-refractivity contribution is 0.0758. The summed E-state index contributed by atoms with van der Waals surface area (Å²) in [5.41, 5.74) is 1.41. The largest absolute Gasteiger partial charge is 0.334 e. The second kappa shape index (κ2) is 7.02. The molecule has 1 amide bonds. The van der Waals surface area contributed by atoms with Crippen LogP contribution in [0.2, 0.25) is 5.02 Å². The van der Waals surface area contributed by atoms with Crippen LogP contribution in [-0.4, -0.2) is 64.0 Å². The molecule has 0 bridgehead atoms. The number of aromatic nitrogens is 4. The number of sulfone groups is 1. The fourth-order valence-corrected chi connectivity index (χ4v) is 4.33. The van der Waals surface area contributed by atoms with Gasteiger partial charge in [-0.25, -0.2) is 18.4 Å². The Labute approximate surface area is 166 Å². The molecule has 1 aliphatic heterocycles. The molecule has 0 aliphatic carbocycles. The van der Waals surface area contributed by atoms with Gasteiger partial charge in [-0.15, -0.1) is 0 Å². The van der Waals surface area contributed by atoms with Crippen molar-refractivity contribution in [1.82, 2.24) is 25.1 Å². The lowest BCUT2D eigenvalue weighted by Crippen LogP contribution is -2.44. The van der Waals surface area contributed by atoms with Crippen LogP contribution in [0.1, 0.15) is 16.3 Å². The summed E-state index contributed by atoms with van der Waals surface area (Å²) in [6, 6.07) is 6.90. The van der Waals surface area contributed by atoms with Crippen molar-refractivity contribution in [3.8, 4) is 0 Å². The molecule has 2 N–H and O–H groups in total. The van der Waals surface area contributed by atoms with Crippen molar-refractivity contribution in [2.45, 2.75) is 6.92 Å². The predicted octanol–water partition coefficient (Wildman–Crippen LogP) is 1.93. The molecule has 0 atom stereocenters. The molecular weight excluding hydrogens is 404 g/mol. The van der Waals surface area contributed by atoms with Crippen molar-refractivity contribution in [2.75, 3.05) is 29.9 Å². The second-order valence-corrected chi connectivity index (χ2v) is 9.30. The third kappa shape index (κ3) is 3.78. The molecule has 1 aliphatic rings. The third-order valence-electron chi connectivity index (χ3n) is 4.43. The van der Waals surface area contributed by atoms with Gasteiger partial charge in [0.2, 0.25) is 5.82 Å². The van der Waals surface area contributed by atoms with Gasteiger partial charge in [0.25, 0.3) is 5.91 Å². The van der Waals surface area contributed by atoms with Crippen LogP contribution in [0.15, 0.2) is 24.3 Å². The molecular formula is C17H17ClN6O3S. The van der Waals surface area contributed by atoms with Gasteiger partial charge in [-0.2, -0.15) is 5.10 Å². The molecule has 0 spiro atoms. The van der Waals surface area contributed by atoms with E-state index in [0.717, 1.165) is 5.69 Å². The van der Waals surface area contributed by atoms with E-state index in [-0.39, 0.29) is 30.4 Å². The molecule has 11 heteroatoms. The number of nitrogens with zero attached hydrogens (tertiary/aromatic N) is 4. The summed E-state index contributed by atoms with van der Waals surface area (Å²) >= 11 is 6.11. The summed E-state index contributed by atoms with van der Waals surface area (Å²) in [7, 11) is -3.09. The molecule has 146 valence electrons. The average molecular weight is 421 g/mol. The maximum atomic E-state index is 12.9. The molecule has 4 rings (SSSR count). The van der Waals surface area contributed by atoms with Gasteiger partial charge in [0, 0.05) is 35.3 Å². The first-order chi connectivity index (χ1) is 13.3. The van der Waals surface area contributed by atoms with Crippen molar-refractivity contribution < 1.29 is 13.2 Å². The lowest BCUT2D eigenvalue weighted by atomic mass is 10.2. The lowest BCUT2D eigenvalue weighted by Gasteiger charge is -2.26. The van der Waals surface area contributed by atoms with Gasteiger partial charge in [0.1, 0.15) is 5.82 Å². The smallest absolute Gasteiger partial charge is 0.291 e. The van der Waals surface area contributed by atoms with E-state index in [4.69, 9.17) is 11.6 Å². The van der Waals surface area contributed by atoms with Crippen LogP contribution >= 0.6 is 11.6 Å². The van der Waals surface area contributed by atoms with E-state index in [9.17, 15) is 13.2 Å². The number of fused-ring (bicyclic) bond motifs is 1. The molecule has 0 radical (unpaired) electrons. The zero-order chi connectivity index (χ0) is 19.9. The molecule has 1 aromatic carbocycles. The quantitative estimate of drug-likeness (QED) is 0.663. The first-order valence-corrected chi connectivity index (χ1v) is 10.8.